The van der Waals surface area contributed by atoms with Crippen molar-refractivity contribution in [1.82, 2.24) is 15.1 Å². The number of phenols is 1. The van der Waals surface area contributed by atoms with Crippen LogP contribution in [-0.4, -0.2) is 40.4 Å². The van der Waals surface area contributed by atoms with Crippen LogP contribution in [0.5, 0.6) is 11.5 Å². The molecule has 1 fully saturated rings. The minimum atomic E-state index is 0.295. The summed E-state index contributed by atoms with van der Waals surface area (Å²) in [4.78, 5) is 2.41. The van der Waals surface area contributed by atoms with Gasteiger partial charge in [-0.3, -0.25) is 10.00 Å². The van der Waals surface area contributed by atoms with E-state index in [1.165, 1.54) is 22.4 Å². The van der Waals surface area contributed by atoms with E-state index >= 15 is 0 Å². The van der Waals surface area contributed by atoms with E-state index < -0.39 is 0 Å². The molecule has 1 aromatic heterocycles. The number of aryl methyl sites for hydroxylation is 1. The van der Waals surface area contributed by atoms with Crippen LogP contribution in [0.3, 0.4) is 0 Å². The second-order valence-electron chi connectivity index (χ2n) is 7.64. The predicted molar refractivity (Wildman–Crippen MR) is 111 cm³/mol. The first kappa shape index (κ1) is 18.6. The van der Waals surface area contributed by atoms with Crippen molar-refractivity contribution in [2.24, 2.45) is 0 Å². The molecule has 0 saturated carbocycles. The lowest BCUT2D eigenvalue weighted by Crippen LogP contribution is -2.34. The maximum absolute atomic E-state index is 10.3. The Balaban J connectivity index is 1.51. The van der Waals surface area contributed by atoms with Crippen LogP contribution in [0.15, 0.2) is 48.7 Å². The van der Waals surface area contributed by atoms with E-state index in [9.17, 15) is 5.11 Å². The monoisotopic (exact) mass is 377 g/mol. The lowest BCUT2D eigenvalue weighted by Gasteiger charge is -2.33. The SMILES string of the molecule is COc1ccc(CN2CCC[C@H](c3[nH]ncc3-c3cccc(C)c3)C2)c(O)c1. The van der Waals surface area contributed by atoms with Crippen molar-refractivity contribution in [3.63, 3.8) is 0 Å². The molecule has 0 radical (unpaired) electrons. The molecule has 3 aromatic rings. The normalized spacial score (nSPS) is 17.6. The second kappa shape index (κ2) is 8.07. The highest BCUT2D eigenvalue weighted by molar-refractivity contribution is 5.66. The van der Waals surface area contributed by atoms with E-state index in [1.807, 2.05) is 18.3 Å². The average Bonchev–Trinajstić information content (AvgIpc) is 3.20. The number of methoxy groups -OCH3 is 1. The van der Waals surface area contributed by atoms with Gasteiger partial charge in [0, 0.05) is 41.9 Å². The van der Waals surface area contributed by atoms with E-state index in [0.29, 0.717) is 17.4 Å². The van der Waals surface area contributed by atoms with Crippen molar-refractivity contribution in [2.45, 2.75) is 32.2 Å². The molecule has 1 aliphatic rings. The number of aromatic hydroxyl groups is 1. The molecule has 0 amide bonds. The summed E-state index contributed by atoms with van der Waals surface area (Å²) in [5.41, 5.74) is 5.82. The number of phenolic OH excluding ortho intramolecular Hbond substituents is 1. The Morgan fingerprint density at radius 3 is 2.93 bits per heavy atom. The number of benzene rings is 2. The fourth-order valence-electron chi connectivity index (χ4n) is 4.13. The third-order valence-corrected chi connectivity index (χ3v) is 5.60. The second-order valence-corrected chi connectivity index (χ2v) is 7.64. The van der Waals surface area contributed by atoms with Crippen molar-refractivity contribution < 1.29 is 9.84 Å². The number of ether oxygens (including phenoxy) is 1. The predicted octanol–water partition coefficient (Wildman–Crippen LogP) is 4.48. The van der Waals surface area contributed by atoms with Crippen LogP contribution in [0, 0.1) is 6.92 Å². The Kier molecular flexibility index (Phi) is 5.35. The van der Waals surface area contributed by atoms with Gasteiger partial charge in [-0.1, -0.05) is 35.9 Å². The molecule has 1 saturated heterocycles. The highest BCUT2D eigenvalue weighted by Gasteiger charge is 2.25. The molecule has 1 aliphatic heterocycles. The summed E-state index contributed by atoms with van der Waals surface area (Å²) >= 11 is 0. The summed E-state index contributed by atoms with van der Waals surface area (Å²) in [7, 11) is 1.61. The van der Waals surface area contributed by atoms with Gasteiger partial charge in [0.1, 0.15) is 11.5 Å². The van der Waals surface area contributed by atoms with Crippen LogP contribution in [-0.2, 0) is 6.54 Å². The van der Waals surface area contributed by atoms with Gasteiger partial charge in [-0.2, -0.15) is 5.10 Å². The van der Waals surface area contributed by atoms with Crippen LogP contribution in [0.2, 0.25) is 0 Å². The summed E-state index contributed by atoms with van der Waals surface area (Å²) in [5.74, 6) is 1.38. The molecule has 2 N–H and O–H groups in total. The fraction of sp³-hybridized carbons (Fsp3) is 0.348. The molecule has 1 atom stereocenters. The van der Waals surface area contributed by atoms with Crippen LogP contribution in [0.1, 0.15) is 35.6 Å². The van der Waals surface area contributed by atoms with Crippen LogP contribution in [0.4, 0.5) is 0 Å². The first-order chi connectivity index (χ1) is 13.6. The molecular weight excluding hydrogens is 350 g/mol. The molecule has 0 bridgehead atoms. The first-order valence-electron chi connectivity index (χ1n) is 9.82. The zero-order chi connectivity index (χ0) is 19.5. The number of nitrogens with one attached hydrogen (secondary N) is 1. The lowest BCUT2D eigenvalue weighted by molar-refractivity contribution is 0.196. The van der Waals surface area contributed by atoms with Gasteiger partial charge in [-0.25, -0.2) is 0 Å². The van der Waals surface area contributed by atoms with Crippen LogP contribution in [0.25, 0.3) is 11.1 Å². The van der Waals surface area contributed by atoms with Gasteiger partial charge < -0.3 is 9.84 Å². The number of H-pyrrole nitrogens is 1. The topological polar surface area (TPSA) is 61.4 Å². The number of likely N-dealkylation sites (tertiary alicyclic amines) is 1. The highest BCUT2D eigenvalue weighted by Crippen LogP contribution is 2.34. The number of aromatic nitrogens is 2. The van der Waals surface area contributed by atoms with Gasteiger partial charge in [0.05, 0.1) is 13.3 Å². The minimum Gasteiger partial charge on any atom is -0.507 e. The van der Waals surface area contributed by atoms with Gasteiger partial charge >= 0.3 is 0 Å². The van der Waals surface area contributed by atoms with Crippen molar-refractivity contribution in [2.75, 3.05) is 20.2 Å². The number of aromatic amines is 1. The Bertz CT molecular complexity index is 951. The lowest BCUT2D eigenvalue weighted by atomic mass is 9.90. The number of hydrogen-bond donors (Lipinski definition) is 2. The van der Waals surface area contributed by atoms with Crippen molar-refractivity contribution in [1.29, 1.82) is 0 Å². The smallest absolute Gasteiger partial charge is 0.123 e. The molecule has 146 valence electrons. The van der Waals surface area contributed by atoms with Gasteiger partial charge in [-0.05, 0) is 37.9 Å². The molecule has 0 spiro atoms. The molecule has 4 rings (SSSR count). The van der Waals surface area contributed by atoms with E-state index in [1.54, 1.807) is 13.2 Å². The third-order valence-electron chi connectivity index (χ3n) is 5.60. The summed E-state index contributed by atoms with van der Waals surface area (Å²) in [5, 5.41) is 17.9. The molecular formula is C23H27N3O2. The largest absolute Gasteiger partial charge is 0.507 e. The van der Waals surface area contributed by atoms with E-state index in [-0.39, 0.29) is 0 Å². The van der Waals surface area contributed by atoms with Crippen molar-refractivity contribution in [3.05, 3.63) is 65.5 Å². The maximum atomic E-state index is 10.3. The van der Waals surface area contributed by atoms with Gasteiger partial charge in [0.25, 0.3) is 0 Å². The Hall–Kier alpha value is -2.79. The molecule has 5 nitrogen and oxygen atoms in total. The number of piperidine rings is 1. The van der Waals surface area contributed by atoms with Crippen molar-refractivity contribution in [3.8, 4) is 22.6 Å². The maximum Gasteiger partial charge on any atom is 0.123 e. The van der Waals surface area contributed by atoms with E-state index in [2.05, 4.69) is 46.3 Å². The zero-order valence-corrected chi connectivity index (χ0v) is 16.5. The molecule has 28 heavy (non-hydrogen) atoms. The summed E-state index contributed by atoms with van der Waals surface area (Å²) in [6.45, 7) is 4.84. The number of hydrogen-bond acceptors (Lipinski definition) is 4. The highest BCUT2D eigenvalue weighted by atomic mass is 16.5. The Morgan fingerprint density at radius 2 is 2.14 bits per heavy atom. The average molecular weight is 377 g/mol. The summed E-state index contributed by atoms with van der Waals surface area (Å²) < 4.78 is 5.18. The fourth-order valence-corrected chi connectivity index (χ4v) is 4.13. The van der Waals surface area contributed by atoms with Gasteiger partial charge in [-0.15, -0.1) is 0 Å². The quantitative estimate of drug-likeness (QED) is 0.688. The number of nitrogens with zero attached hydrogens (tertiary/aromatic N) is 2. The van der Waals surface area contributed by atoms with Gasteiger partial charge in [0.2, 0.25) is 0 Å². The summed E-state index contributed by atoms with van der Waals surface area (Å²) in [6.07, 6.45) is 4.22. The Labute approximate surface area is 166 Å². The van der Waals surface area contributed by atoms with Gasteiger partial charge in [0.15, 0.2) is 0 Å². The third kappa shape index (κ3) is 3.90. The zero-order valence-electron chi connectivity index (χ0n) is 16.5. The van der Waals surface area contributed by atoms with Crippen molar-refractivity contribution >= 4 is 0 Å². The first-order valence-corrected chi connectivity index (χ1v) is 9.82. The number of rotatable bonds is 5. The van der Waals surface area contributed by atoms with Crippen LogP contribution >= 0.6 is 0 Å². The van der Waals surface area contributed by atoms with E-state index in [0.717, 1.165) is 38.0 Å². The Morgan fingerprint density at radius 1 is 1.25 bits per heavy atom. The summed E-state index contributed by atoms with van der Waals surface area (Å²) in [6, 6.07) is 14.1. The molecule has 5 heteroatoms. The van der Waals surface area contributed by atoms with E-state index in [4.69, 9.17) is 4.74 Å². The molecule has 2 aromatic carbocycles. The molecule has 0 aliphatic carbocycles. The minimum absolute atomic E-state index is 0.295. The molecule has 0 unspecified atom stereocenters. The van der Waals surface area contributed by atoms with Crippen LogP contribution < -0.4 is 4.74 Å². The molecule has 2 heterocycles. The standard InChI is InChI=1S/C23H27N3O2/c1-16-5-3-6-17(11-16)21-13-24-25-23(21)19-7-4-10-26(15-19)14-18-8-9-20(28-2)12-22(18)27/h3,5-6,8-9,11-13,19,27H,4,7,10,14-15H2,1-2H3,(H,24,25)/t19-/m0/s1.